The highest BCUT2D eigenvalue weighted by Crippen LogP contribution is 2.16. The summed E-state index contributed by atoms with van der Waals surface area (Å²) in [6.45, 7) is 0. The van der Waals surface area contributed by atoms with Crippen molar-refractivity contribution in [1.82, 2.24) is 4.98 Å². The van der Waals surface area contributed by atoms with Crippen LogP contribution in [0.4, 0.5) is 5.69 Å². The largest absolute Gasteiger partial charge is 0.321 e. The zero-order valence-corrected chi connectivity index (χ0v) is 13.2. The number of amides is 1. The molecule has 0 atom stereocenters. The summed E-state index contributed by atoms with van der Waals surface area (Å²) in [6, 6.07) is 17.4. The molecule has 1 amide bonds. The first kappa shape index (κ1) is 14.5. The van der Waals surface area contributed by atoms with Gasteiger partial charge in [-0.1, -0.05) is 46.3 Å². The number of para-hydroxylation sites is 1. The van der Waals surface area contributed by atoms with E-state index in [0.29, 0.717) is 5.69 Å². The van der Waals surface area contributed by atoms with E-state index in [1.807, 2.05) is 54.6 Å². The lowest BCUT2D eigenvalue weighted by Crippen LogP contribution is -2.07. The van der Waals surface area contributed by atoms with E-state index in [4.69, 9.17) is 0 Å². The molecule has 0 saturated carbocycles. The van der Waals surface area contributed by atoms with Crippen LogP contribution < -0.4 is 5.32 Å². The average Bonchev–Trinajstić information content (AvgIpc) is 2.54. The average molecular weight is 353 g/mol. The first-order chi connectivity index (χ1) is 10.7. The number of aromatic nitrogens is 1. The Balaban J connectivity index is 1.71. The normalized spacial score (nSPS) is 11.0. The lowest BCUT2D eigenvalue weighted by Gasteiger charge is -2.03. The van der Waals surface area contributed by atoms with Crippen molar-refractivity contribution in [3.05, 3.63) is 76.9 Å². The summed E-state index contributed by atoms with van der Waals surface area (Å²) in [5, 5.41) is 3.82. The maximum Gasteiger partial charge on any atom is 0.248 e. The highest BCUT2D eigenvalue weighted by molar-refractivity contribution is 9.10. The van der Waals surface area contributed by atoms with Crippen molar-refractivity contribution < 1.29 is 4.79 Å². The number of carbonyl (C=O) groups is 1. The fourth-order valence-electron chi connectivity index (χ4n) is 2.07. The van der Waals surface area contributed by atoms with Crippen LogP contribution in [0.25, 0.3) is 17.0 Å². The number of pyridine rings is 1. The zero-order valence-electron chi connectivity index (χ0n) is 11.7. The van der Waals surface area contributed by atoms with Gasteiger partial charge in [-0.05, 0) is 35.9 Å². The molecule has 0 radical (unpaired) electrons. The monoisotopic (exact) mass is 352 g/mol. The minimum absolute atomic E-state index is 0.181. The predicted molar refractivity (Wildman–Crippen MR) is 93.5 cm³/mol. The van der Waals surface area contributed by atoms with E-state index in [0.717, 1.165) is 20.9 Å². The van der Waals surface area contributed by atoms with Gasteiger partial charge in [0.25, 0.3) is 0 Å². The second-order valence-electron chi connectivity index (χ2n) is 4.79. The van der Waals surface area contributed by atoms with Crippen molar-refractivity contribution in [1.29, 1.82) is 0 Å². The Morgan fingerprint density at radius 1 is 1.09 bits per heavy atom. The second kappa shape index (κ2) is 6.54. The minimum Gasteiger partial charge on any atom is -0.321 e. The number of anilines is 1. The van der Waals surface area contributed by atoms with Crippen molar-refractivity contribution >= 4 is 44.5 Å². The van der Waals surface area contributed by atoms with E-state index < -0.39 is 0 Å². The standard InChI is InChI=1S/C18H13BrN2O/c19-15-8-5-13(6-9-15)7-10-18(22)21-16-11-14-3-1-2-4-17(14)20-12-16/h1-12H,(H,21,22)/b10-7-. The van der Waals surface area contributed by atoms with Crippen LogP contribution in [0.5, 0.6) is 0 Å². The molecule has 0 spiro atoms. The molecule has 0 bridgehead atoms. The molecule has 2 aromatic carbocycles. The summed E-state index contributed by atoms with van der Waals surface area (Å²) >= 11 is 3.38. The number of nitrogens with zero attached hydrogens (tertiary/aromatic N) is 1. The van der Waals surface area contributed by atoms with Gasteiger partial charge >= 0.3 is 0 Å². The molecular formula is C18H13BrN2O. The van der Waals surface area contributed by atoms with Crippen molar-refractivity contribution in [3.63, 3.8) is 0 Å². The topological polar surface area (TPSA) is 42.0 Å². The molecule has 0 unspecified atom stereocenters. The molecule has 0 saturated heterocycles. The third-order valence-corrected chi connectivity index (χ3v) is 3.68. The number of halogens is 1. The fourth-order valence-corrected chi connectivity index (χ4v) is 2.33. The smallest absolute Gasteiger partial charge is 0.248 e. The number of benzene rings is 2. The summed E-state index contributed by atoms with van der Waals surface area (Å²) in [4.78, 5) is 16.3. The Kier molecular flexibility index (Phi) is 4.30. The Hall–Kier alpha value is -2.46. The van der Waals surface area contributed by atoms with Crippen LogP contribution in [0.3, 0.4) is 0 Å². The van der Waals surface area contributed by atoms with Gasteiger partial charge in [0.05, 0.1) is 17.4 Å². The number of hydrogen-bond acceptors (Lipinski definition) is 2. The van der Waals surface area contributed by atoms with Gasteiger partial charge in [0.2, 0.25) is 5.91 Å². The molecule has 4 heteroatoms. The van der Waals surface area contributed by atoms with Crippen LogP contribution in [0.15, 0.2) is 71.3 Å². The SMILES string of the molecule is O=C(/C=C\c1ccc(Br)cc1)Nc1cnc2ccccc2c1. The van der Waals surface area contributed by atoms with Gasteiger partial charge in [0, 0.05) is 15.9 Å². The highest BCUT2D eigenvalue weighted by atomic mass is 79.9. The number of rotatable bonds is 3. The van der Waals surface area contributed by atoms with E-state index in [1.165, 1.54) is 6.08 Å². The highest BCUT2D eigenvalue weighted by Gasteiger charge is 2.00. The van der Waals surface area contributed by atoms with Gasteiger partial charge in [0.15, 0.2) is 0 Å². The van der Waals surface area contributed by atoms with E-state index >= 15 is 0 Å². The van der Waals surface area contributed by atoms with Crippen LogP contribution in [0, 0.1) is 0 Å². The molecule has 3 nitrogen and oxygen atoms in total. The zero-order chi connectivity index (χ0) is 15.4. The van der Waals surface area contributed by atoms with Crippen molar-refractivity contribution in [2.24, 2.45) is 0 Å². The van der Waals surface area contributed by atoms with Crippen molar-refractivity contribution in [2.75, 3.05) is 5.32 Å². The third-order valence-electron chi connectivity index (χ3n) is 3.16. The molecule has 0 aliphatic heterocycles. The maximum atomic E-state index is 12.0. The lowest BCUT2D eigenvalue weighted by atomic mass is 10.2. The summed E-state index contributed by atoms with van der Waals surface area (Å²) in [5.41, 5.74) is 2.56. The van der Waals surface area contributed by atoms with Gasteiger partial charge in [-0.25, -0.2) is 0 Å². The second-order valence-corrected chi connectivity index (χ2v) is 5.71. The number of carbonyl (C=O) groups excluding carboxylic acids is 1. The number of hydrogen-bond donors (Lipinski definition) is 1. The van der Waals surface area contributed by atoms with Gasteiger partial charge in [-0.3, -0.25) is 9.78 Å². The summed E-state index contributed by atoms with van der Waals surface area (Å²) in [5.74, 6) is -0.181. The number of fused-ring (bicyclic) bond motifs is 1. The Morgan fingerprint density at radius 2 is 1.86 bits per heavy atom. The van der Waals surface area contributed by atoms with Crippen molar-refractivity contribution in [3.8, 4) is 0 Å². The van der Waals surface area contributed by atoms with Crippen molar-refractivity contribution in [2.45, 2.75) is 0 Å². The van der Waals surface area contributed by atoms with Crippen LogP contribution >= 0.6 is 15.9 Å². The predicted octanol–water partition coefficient (Wildman–Crippen LogP) is 4.65. The minimum atomic E-state index is -0.181. The lowest BCUT2D eigenvalue weighted by molar-refractivity contribution is -0.111. The van der Waals surface area contributed by atoms with Gasteiger partial charge in [0.1, 0.15) is 0 Å². The molecule has 22 heavy (non-hydrogen) atoms. The quantitative estimate of drug-likeness (QED) is 0.697. The maximum absolute atomic E-state index is 12.0. The Morgan fingerprint density at radius 3 is 2.68 bits per heavy atom. The van der Waals surface area contributed by atoms with E-state index in [2.05, 4.69) is 26.2 Å². The number of nitrogens with one attached hydrogen (secondary N) is 1. The fraction of sp³-hybridized carbons (Fsp3) is 0. The summed E-state index contributed by atoms with van der Waals surface area (Å²) in [7, 11) is 0. The molecule has 1 aromatic heterocycles. The van der Waals surface area contributed by atoms with Crippen LogP contribution in [-0.4, -0.2) is 10.9 Å². The van der Waals surface area contributed by atoms with Gasteiger partial charge in [-0.15, -0.1) is 0 Å². The van der Waals surface area contributed by atoms with Gasteiger partial charge in [-0.2, -0.15) is 0 Å². The third kappa shape index (κ3) is 3.59. The summed E-state index contributed by atoms with van der Waals surface area (Å²) < 4.78 is 1.01. The van der Waals surface area contributed by atoms with Gasteiger partial charge < -0.3 is 5.32 Å². The van der Waals surface area contributed by atoms with E-state index in [-0.39, 0.29) is 5.91 Å². The first-order valence-corrected chi connectivity index (χ1v) is 7.59. The van der Waals surface area contributed by atoms with E-state index in [1.54, 1.807) is 12.3 Å². The first-order valence-electron chi connectivity index (χ1n) is 6.80. The van der Waals surface area contributed by atoms with Crippen LogP contribution in [0.2, 0.25) is 0 Å². The molecule has 1 heterocycles. The Bertz CT molecular complexity index is 841. The molecule has 0 aliphatic rings. The molecule has 0 fully saturated rings. The molecule has 108 valence electrons. The molecule has 0 aliphatic carbocycles. The van der Waals surface area contributed by atoms with Crippen LogP contribution in [-0.2, 0) is 4.79 Å². The summed E-state index contributed by atoms with van der Waals surface area (Å²) in [6.07, 6.45) is 4.95. The molecular weight excluding hydrogens is 340 g/mol. The molecule has 3 rings (SSSR count). The molecule has 3 aromatic rings. The molecule has 1 N–H and O–H groups in total. The van der Waals surface area contributed by atoms with E-state index in [9.17, 15) is 4.79 Å². The Labute approximate surface area is 136 Å². The van der Waals surface area contributed by atoms with Crippen LogP contribution in [0.1, 0.15) is 5.56 Å².